The van der Waals surface area contributed by atoms with E-state index in [-0.39, 0.29) is 29.3 Å². The van der Waals surface area contributed by atoms with E-state index in [9.17, 15) is 19.1 Å². The van der Waals surface area contributed by atoms with Crippen LogP contribution in [0.15, 0.2) is 36.5 Å². The first-order chi connectivity index (χ1) is 17.4. The maximum atomic E-state index is 13.4. The molecule has 2 fully saturated rings. The van der Waals surface area contributed by atoms with E-state index in [1.165, 1.54) is 31.5 Å². The number of halogens is 1. The predicted molar refractivity (Wildman–Crippen MR) is 129 cm³/mol. The minimum Gasteiger partial charge on any atom is -0.503 e. The summed E-state index contributed by atoms with van der Waals surface area (Å²) >= 11 is 0. The minimum absolute atomic E-state index is 0.0514. The van der Waals surface area contributed by atoms with Crippen LogP contribution in [0.2, 0.25) is 0 Å². The molecule has 1 aliphatic carbocycles. The molecule has 36 heavy (non-hydrogen) atoms. The summed E-state index contributed by atoms with van der Waals surface area (Å²) in [6.07, 6.45) is 5.17. The second-order valence-electron chi connectivity index (χ2n) is 9.64. The summed E-state index contributed by atoms with van der Waals surface area (Å²) in [6.45, 7) is 2.43. The average Bonchev–Trinajstić information content (AvgIpc) is 3.68. The third-order valence-corrected chi connectivity index (χ3v) is 6.84. The van der Waals surface area contributed by atoms with E-state index in [4.69, 9.17) is 14.2 Å². The van der Waals surface area contributed by atoms with Gasteiger partial charge >= 0.3 is 5.97 Å². The van der Waals surface area contributed by atoms with Gasteiger partial charge in [-0.1, -0.05) is 18.6 Å². The Hall–Kier alpha value is -3.20. The van der Waals surface area contributed by atoms with Gasteiger partial charge in [0.05, 0.1) is 13.2 Å². The average molecular weight is 501 g/mol. The molecule has 0 bridgehead atoms. The largest absolute Gasteiger partial charge is 0.503 e. The molecule has 1 saturated heterocycles. The van der Waals surface area contributed by atoms with Crippen LogP contribution in [0.5, 0.6) is 11.5 Å². The van der Waals surface area contributed by atoms with Crippen LogP contribution >= 0.6 is 0 Å². The highest BCUT2D eigenvalue weighted by atomic mass is 19.1. The van der Waals surface area contributed by atoms with Crippen LogP contribution in [0.4, 0.5) is 4.39 Å². The molecular weight excluding hydrogens is 467 g/mol. The van der Waals surface area contributed by atoms with Gasteiger partial charge in [0.25, 0.3) is 5.91 Å². The lowest BCUT2D eigenvalue weighted by Gasteiger charge is -2.31. The Labute approximate surface area is 210 Å². The summed E-state index contributed by atoms with van der Waals surface area (Å²) < 4.78 is 30.6. The van der Waals surface area contributed by atoms with Gasteiger partial charge in [0, 0.05) is 18.9 Å². The molecule has 1 aliphatic heterocycles. The van der Waals surface area contributed by atoms with Gasteiger partial charge in [-0.3, -0.25) is 4.79 Å². The third-order valence-electron chi connectivity index (χ3n) is 6.84. The van der Waals surface area contributed by atoms with Crippen LogP contribution < -0.4 is 10.1 Å². The number of cyclic esters (lactones) is 1. The molecule has 0 radical (unpaired) electrons. The smallest absolute Gasteiger partial charge is 0.329 e. The SMILES string of the molecule is COc1ccnc(C(=O)N[C@H]2CCC[C@H](Cc3ccc(F)cc3)[C@@H](OCC3CC3)[C@H](C)OC2=O)c1O. The van der Waals surface area contributed by atoms with Crippen molar-refractivity contribution in [2.45, 2.75) is 63.7 Å². The number of aromatic hydroxyl groups is 1. The van der Waals surface area contributed by atoms with Gasteiger partial charge in [-0.25, -0.2) is 14.2 Å². The number of nitrogens with one attached hydrogen (secondary N) is 1. The maximum absolute atomic E-state index is 13.4. The van der Waals surface area contributed by atoms with Crippen molar-refractivity contribution in [3.63, 3.8) is 0 Å². The number of carbonyl (C=O) groups excluding carboxylic acids is 2. The van der Waals surface area contributed by atoms with Gasteiger partial charge in [0.1, 0.15) is 18.0 Å². The van der Waals surface area contributed by atoms with Crippen molar-refractivity contribution < 1.29 is 33.3 Å². The summed E-state index contributed by atoms with van der Waals surface area (Å²) in [5, 5.41) is 12.9. The van der Waals surface area contributed by atoms with Crippen molar-refractivity contribution in [3.8, 4) is 11.5 Å². The van der Waals surface area contributed by atoms with Crippen molar-refractivity contribution in [2.24, 2.45) is 11.8 Å². The van der Waals surface area contributed by atoms with E-state index in [0.29, 0.717) is 31.8 Å². The first kappa shape index (κ1) is 25.9. The second-order valence-corrected chi connectivity index (χ2v) is 9.64. The fourth-order valence-electron chi connectivity index (χ4n) is 4.65. The van der Waals surface area contributed by atoms with Gasteiger partial charge in [0.15, 0.2) is 17.2 Å². The Balaban J connectivity index is 1.49. The number of hydrogen-bond donors (Lipinski definition) is 2. The second kappa shape index (κ2) is 11.7. The molecule has 8 nitrogen and oxygen atoms in total. The van der Waals surface area contributed by atoms with Gasteiger partial charge in [0.2, 0.25) is 0 Å². The lowest BCUT2D eigenvalue weighted by Crippen LogP contribution is -2.44. The van der Waals surface area contributed by atoms with Crippen molar-refractivity contribution >= 4 is 11.9 Å². The lowest BCUT2D eigenvalue weighted by atomic mass is 9.86. The number of carbonyl (C=O) groups is 2. The quantitative estimate of drug-likeness (QED) is 0.531. The molecule has 1 aromatic carbocycles. The number of amides is 1. The number of rotatable bonds is 8. The Morgan fingerprint density at radius 3 is 2.64 bits per heavy atom. The maximum Gasteiger partial charge on any atom is 0.329 e. The van der Waals surface area contributed by atoms with Crippen LogP contribution in [0.25, 0.3) is 0 Å². The fraction of sp³-hybridized carbons (Fsp3) is 0.519. The monoisotopic (exact) mass is 500 g/mol. The highest BCUT2D eigenvalue weighted by Gasteiger charge is 2.36. The summed E-state index contributed by atoms with van der Waals surface area (Å²) in [5.74, 6) is -1.22. The zero-order chi connectivity index (χ0) is 25.7. The molecule has 194 valence electrons. The Morgan fingerprint density at radius 1 is 1.19 bits per heavy atom. The highest BCUT2D eigenvalue weighted by Crippen LogP contribution is 2.33. The van der Waals surface area contributed by atoms with Crippen LogP contribution in [0, 0.1) is 17.7 Å². The Kier molecular flexibility index (Phi) is 8.40. The van der Waals surface area contributed by atoms with Gasteiger partial charge < -0.3 is 24.6 Å². The zero-order valence-corrected chi connectivity index (χ0v) is 20.6. The van der Waals surface area contributed by atoms with Crippen LogP contribution in [-0.2, 0) is 20.7 Å². The van der Waals surface area contributed by atoms with E-state index in [1.807, 2.05) is 6.92 Å². The van der Waals surface area contributed by atoms with E-state index in [0.717, 1.165) is 24.8 Å². The topological polar surface area (TPSA) is 107 Å². The van der Waals surface area contributed by atoms with Gasteiger partial charge in [-0.2, -0.15) is 0 Å². The van der Waals surface area contributed by atoms with E-state index >= 15 is 0 Å². The summed E-state index contributed by atoms with van der Waals surface area (Å²) in [7, 11) is 1.37. The third kappa shape index (κ3) is 6.51. The normalized spacial score (nSPS) is 24.7. The van der Waals surface area contributed by atoms with Crippen molar-refractivity contribution in [1.29, 1.82) is 0 Å². The van der Waals surface area contributed by atoms with Gasteiger partial charge in [-0.15, -0.1) is 0 Å². The Bertz CT molecular complexity index is 1060. The van der Waals surface area contributed by atoms with Crippen molar-refractivity contribution in [3.05, 3.63) is 53.6 Å². The number of methoxy groups -OCH3 is 1. The van der Waals surface area contributed by atoms with Crippen LogP contribution in [0.3, 0.4) is 0 Å². The fourth-order valence-corrected chi connectivity index (χ4v) is 4.65. The number of benzene rings is 1. The molecule has 2 N–H and O–H groups in total. The van der Waals surface area contributed by atoms with Crippen LogP contribution in [-0.4, -0.2) is 53.9 Å². The van der Waals surface area contributed by atoms with Crippen molar-refractivity contribution in [2.75, 3.05) is 13.7 Å². The number of pyridine rings is 1. The molecule has 1 amide bonds. The van der Waals surface area contributed by atoms with Gasteiger partial charge in [-0.05, 0) is 68.6 Å². The first-order valence-corrected chi connectivity index (χ1v) is 12.4. The summed E-state index contributed by atoms with van der Waals surface area (Å²) in [5.41, 5.74) is 0.763. The lowest BCUT2D eigenvalue weighted by molar-refractivity contribution is -0.161. The molecule has 0 unspecified atom stereocenters. The number of aromatic nitrogens is 1. The van der Waals surface area contributed by atoms with Crippen LogP contribution in [0.1, 0.15) is 55.1 Å². The standard InChI is InChI=1S/C27H33FN2O6/c1-16-25(35-15-18-6-7-18)19(14-17-8-10-20(28)11-9-17)4-3-5-21(27(33)36-16)30-26(32)23-24(31)22(34-2)12-13-29-23/h8-13,16,18-19,21,25,31H,3-7,14-15H2,1-2H3,(H,30,32)/t16-,19+,21-,25-/m0/s1. The number of esters is 1. The van der Waals surface area contributed by atoms with Crippen molar-refractivity contribution in [1.82, 2.24) is 10.3 Å². The number of ether oxygens (including phenoxy) is 3. The Morgan fingerprint density at radius 2 is 1.94 bits per heavy atom. The summed E-state index contributed by atoms with van der Waals surface area (Å²) in [4.78, 5) is 29.8. The molecule has 9 heteroatoms. The molecular formula is C27H33FN2O6. The highest BCUT2D eigenvalue weighted by molar-refractivity contribution is 5.97. The predicted octanol–water partition coefficient (Wildman–Crippen LogP) is 3.80. The zero-order valence-electron chi connectivity index (χ0n) is 20.6. The molecule has 4 rings (SSSR count). The summed E-state index contributed by atoms with van der Waals surface area (Å²) in [6, 6.07) is 6.97. The molecule has 1 saturated carbocycles. The number of nitrogens with zero attached hydrogens (tertiary/aromatic N) is 1. The first-order valence-electron chi connectivity index (χ1n) is 12.4. The molecule has 4 atom stereocenters. The minimum atomic E-state index is -0.902. The van der Waals surface area contributed by atoms with E-state index in [1.54, 1.807) is 12.1 Å². The number of hydrogen-bond acceptors (Lipinski definition) is 7. The molecule has 2 heterocycles. The molecule has 2 aliphatic rings. The van der Waals surface area contributed by atoms with E-state index in [2.05, 4.69) is 10.3 Å². The molecule has 1 aromatic heterocycles. The molecule has 0 spiro atoms. The van der Waals surface area contributed by atoms with E-state index < -0.39 is 29.8 Å². The molecule has 2 aromatic rings.